The van der Waals surface area contributed by atoms with Crippen molar-refractivity contribution in [3.05, 3.63) is 35.1 Å². The van der Waals surface area contributed by atoms with Gasteiger partial charge in [-0.3, -0.25) is 4.90 Å². The normalized spacial score (nSPS) is 10.7. The second-order valence-corrected chi connectivity index (χ2v) is 5.04. The van der Waals surface area contributed by atoms with Crippen LogP contribution in [0.15, 0.2) is 18.2 Å². The standard InChI is InChI=1S/C16H23FN2/c1-4-19(11-13(2)3)12-14-7-8-16(17)15(10-14)6-5-9-18/h7-8,10,13H,4,9,11-12,18H2,1-3H3. The number of benzene rings is 1. The van der Waals surface area contributed by atoms with Crippen LogP contribution < -0.4 is 5.73 Å². The first-order chi connectivity index (χ1) is 9.06. The summed E-state index contributed by atoms with van der Waals surface area (Å²) in [5.41, 5.74) is 6.84. The maximum absolute atomic E-state index is 13.6. The molecule has 0 aliphatic carbocycles. The van der Waals surface area contributed by atoms with Crippen molar-refractivity contribution in [1.29, 1.82) is 0 Å². The zero-order valence-corrected chi connectivity index (χ0v) is 12.0. The summed E-state index contributed by atoms with van der Waals surface area (Å²) in [7, 11) is 0. The largest absolute Gasteiger partial charge is 0.320 e. The third-order valence-electron chi connectivity index (χ3n) is 2.83. The van der Waals surface area contributed by atoms with Crippen LogP contribution in [0.2, 0.25) is 0 Å². The Hall–Kier alpha value is -1.37. The van der Waals surface area contributed by atoms with Crippen LogP contribution in [-0.2, 0) is 6.54 Å². The molecule has 0 aromatic heterocycles. The molecular formula is C16H23FN2. The molecule has 0 unspecified atom stereocenters. The third kappa shape index (κ3) is 5.42. The van der Waals surface area contributed by atoms with Gasteiger partial charge in [0, 0.05) is 13.1 Å². The fourth-order valence-electron chi connectivity index (χ4n) is 1.99. The van der Waals surface area contributed by atoms with E-state index in [2.05, 4.69) is 37.5 Å². The van der Waals surface area contributed by atoms with Gasteiger partial charge in [-0.2, -0.15) is 0 Å². The lowest BCUT2D eigenvalue weighted by Crippen LogP contribution is -2.27. The molecule has 1 aromatic carbocycles. The van der Waals surface area contributed by atoms with E-state index in [0.717, 1.165) is 25.2 Å². The van der Waals surface area contributed by atoms with Crippen LogP contribution in [0.25, 0.3) is 0 Å². The summed E-state index contributed by atoms with van der Waals surface area (Å²) >= 11 is 0. The quantitative estimate of drug-likeness (QED) is 0.827. The van der Waals surface area contributed by atoms with E-state index < -0.39 is 0 Å². The zero-order chi connectivity index (χ0) is 14.3. The van der Waals surface area contributed by atoms with Gasteiger partial charge in [0.1, 0.15) is 5.82 Å². The van der Waals surface area contributed by atoms with Gasteiger partial charge in [0.15, 0.2) is 0 Å². The molecular weight excluding hydrogens is 239 g/mol. The smallest absolute Gasteiger partial charge is 0.138 e. The Balaban J connectivity index is 2.83. The Morgan fingerprint density at radius 1 is 1.37 bits per heavy atom. The maximum atomic E-state index is 13.6. The highest BCUT2D eigenvalue weighted by atomic mass is 19.1. The molecule has 1 rings (SSSR count). The van der Waals surface area contributed by atoms with Gasteiger partial charge in [0.25, 0.3) is 0 Å². The lowest BCUT2D eigenvalue weighted by atomic mass is 10.1. The van der Waals surface area contributed by atoms with E-state index in [1.165, 1.54) is 6.07 Å². The van der Waals surface area contributed by atoms with Crippen molar-refractivity contribution in [2.24, 2.45) is 11.7 Å². The first-order valence-corrected chi connectivity index (χ1v) is 6.76. The molecule has 104 valence electrons. The minimum absolute atomic E-state index is 0.248. The molecule has 2 nitrogen and oxygen atoms in total. The SMILES string of the molecule is CCN(Cc1ccc(F)c(C#CCN)c1)CC(C)C. The molecule has 0 bridgehead atoms. The predicted molar refractivity (Wildman–Crippen MR) is 78.1 cm³/mol. The number of halogens is 1. The molecule has 0 aliphatic heterocycles. The topological polar surface area (TPSA) is 29.3 Å². The molecule has 0 radical (unpaired) electrons. The van der Waals surface area contributed by atoms with Crippen LogP contribution in [-0.4, -0.2) is 24.5 Å². The summed E-state index contributed by atoms with van der Waals surface area (Å²) in [6.45, 7) is 9.64. The van der Waals surface area contributed by atoms with Crippen LogP contribution in [0.4, 0.5) is 4.39 Å². The molecule has 0 aliphatic rings. The molecule has 0 saturated carbocycles. The second kappa shape index (κ2) is 7.93. The lowest BCUT2D eigenvalue weighted by molar-refractivity contribution is 0.248. The van der Waals surface area contributed by atoms with Gasteiger partial charge in [-0.05, 0) is 30.2 Å². The molecule has 0 fully saturated rings. The van der Waals surface area contributed by atoms with E-state index in [1.807, 2.05) is 12.1 Å². The minimum atomic E-state index is -0.281. The van der Waals surface area contributed by atoms with Crippen LogP contribution in [0, 0.1) is 23.6 Å². The summed E-state index contributed by atoms with van der Waals surface area (Å²) in [4.78, 5) is 2.35. The molecule has 0 heterocycles. The summed E-state index contributed by atoms with van der Waals surface area (Å²) < 4.78 is 13.6. The molecule has 0 saturated heterocycles. The highest BCUT2D eigenvalue weighted by Crippen LogP contribution is 2.12. The van der Waals surface area contributed by atoms with Gasteiger partial charge in [-0.1, -0.05) is 38.7 Å². The van der Waals surface area contributed by atoms with E-state index >= 15 is 0 Å². The van der Waals surface area contributed by atoms with E-state index in [0.29, 0.717) is 11.5 Å². The number of rotatable bonds is 5. The van der Waals surface area contributed by atoms with Gasteiger partial charge in [0.2, 0.25) is 0 Å². The Bertz CT molecular complexity index is 458. The first-order valence-electron chi connectivity index (χ1n) is 6.76. The number of hydrogen-bond donors (Lipinski definition) is 1. The predicted octanol–water partition coefficient (Wildman–Crippen LogP) is 2.61. The molecule has 0 spiro atoms. The minimum Gasteiger partial charge on any atom is -0.320 e. The zero-order valence-electron chi connectivity index (χ0n) is 12.0. The first kappa shape index (κ1) is 15.7. The van der Waals surface area contributed by atoms with Crippen LogP contribution in [0.1, 0.15) is 31.9 Å². The second-order valence-electron chi connectivity index (χ2n) is 5.04. The Morgan fingerprint density at radius 3 is 2.68 bits per heavy atom. The maximum Gasteiger partial charge on any atom is 0.138 e. The average molecular weight is 262 g/mol. The van der Waals surface area contributed by atoms with Gasteiger partial charge < -0.3 is 5.73 Å². The van der Waals surface area contributed by atoms with Gasteiger partial charge in [0.05, 0.1) is 12.1 Å². The van der Waals surface area contributed by atoms with Crippen LogP contribution >= 0.6 is 0 Å². The van der Waals surface area contributed by atoms with Gasteiger partial charge in [-0.15, -0.1) is 0 Å². The van der Waals surface area contributed by atoms with Gasteiger partial charge in [-0.25, -0.2) is 4.39 Å². The van der Waals surface area contributed by atoms with E-state index in [1.54, 1.807) is 0 Å². The van der Waals surface area contributed by atoms with E-state index in [9.17, 15) is 4.39 Å². The molecule has 0 amide bonds. The molecule has 0 atom stereocenters. The number of nitrogens with zero attached hydrogens (tertiary/aromatic N) is 1. The fraction of sp³-hybridized carbons (Fsp3) is 0.500. The van der Waals surface area contributed by atoms with Gasteiger partial charge >= 0.3 is 0 Å². The fourth-order valence-corrected chi connectivity index (χ4v) is 1.99. The van der Waals surface area contributed by atoms with Crippen molar-refractivity contribution in [2.45, 2.75) is 27.3 Å². The summed E-state index contributed by atoms with van der Waals surface area (Å²) in [6.07, 6.45) is 0. The van der Waals surface area contributed by atoms with Crippen molar-refractivity contribution in [1.82, 2.24) is 4.90 Å². The monoisotopic (exact) mass is 262 g/mol. The van der Waals surface area contributed by atoms with Crippen molar-refractivity contribution < 1.29 is 4.39 Å². The van der Waals surface area contributed by atoms with Crippen molar-refractivity contribution in [3.63, 3.8) is 0 Å². The number of hydrogen-bond acceptors (Lipinski definition) is 2. The lowest BCUT2D eigenvalue weighted by Gasteiger charge is -2.22. The average Bonchev–Trinajstić information content (AvgIpc) is 2.38. The Morgan fingerprint density at radius 2 is 2.11 bits per heavy atom. The molecule has 3 heteroatoms. The van der Waals surface area contributed by atoms with Crippen molar-refractivity contribution >= 4 is 0 Å². The molecule has 2 N–H and O–H groups in total. The third-order valence-corrected chi connectivity index (χ3v) is 2.83. The van der Waals surface area contributed by atoms with Crippen molar-refractivity contribution in [3.8, 4) is 11.8 Å². The van der Waals surface area contributed by atoms with Crippen molar-refractivity contribution in [2.75, 3.05) is 19.6 Å². The highest BCUT2D eigenvalue weighted by Gasteiger charge is 2.08. The molecule has 1 aromatic rings. The number of nitrogens with two attached hydrogens (primary N) is 1. The van der Waals surface area contributed by atoms with Crippen LogP contribution in [0.5, 0.6) is 0 Å². The summed E-state index contributed by atoms with van der Waals surface area (Å²) in [5.74, 6) is 5.81. The summed E-state index contributed by atoms with van der Waals surface area (Å²) in [6, 6.07) is 5.13. The Labute approximate surface area is 115 Å². The van der Waals surface area contributed by atoms with E-state index in [-0.39, 0.29) is 12.4 Å². The highest BCUT2D eigenvalue weighted by molar-refractivity contribution is 5.38. The molecule has 19 heavy (non-hydrogen) atoms. The van der Waals surface area contributed by atoms with Crippen LogP contribution in [0.3, 0.4) is 0 Å². The Kier molecular flexibility index (Phi) is 6.55. The van der Waals surface area contributed by atoms with E-state index in [4.69, 9.17) is 5.73 Å². The summed E-state index contributed by atoms with van der Waals surface area (Å²) in [5, 5.41) is 0.